The predicted molar refractivity (Wildman–Crippen MR) is 71.8 cm³/mol. The van der Waals surface area contributed by atoms with Gasteiger partial charge in [0.25, 0.3) is 0 Å². The molecule has 0 saturated heterocycles. The van der Waals surface area contributed by atoms with Gasteiger partial charge in [-0.1, -0.05) is 34.1 Å². The Bertz CT molecular complexity index is 178. The summed E-state index contributed by atoms with van der Waals surface area (Å²) in [5.41, 5.74) is 0. The zero-order valence-electron chi connectivity index (χ0n) is 11.6. The fraction of sp³-hybridized carbons (Fsp3) is 1.00. The Kier molecular flexibility index (Phi) is 6.37. The minimum atomic E-state index is 0.782. The second-order valence-electron chi connectivity index (χ2n) is 5.65. The van der Waals surface area contributed by atoms with Crippen molar-refractivity contribution < 1.29 is 0 Å². The second kappa shape index (κ2) is 7.29. The SMILES string of the molecule is CCC(C)CN(CC)CC(C)CNC1CC1. The minimum absolute atomic E-state index is 0.782. The molecule has 2 nitrogen and oxygen atoms in total. The number of hydrogen-bond donors (Lipinski definition) is 1. The lowest BCUT2D eigenvalue weighted by atomic mass is 10.1. The first-order valence-corrected chi connectivity index (χ1v) is 7.11. The highest BCUT2D eigenvalue weighted by atomic mass is 15.1. The van der Waals surface area contributed by atoms with Crippen molar-refractivity contribution in [1.29, 1.82) is 0 Å². The van der Waals surface area contributed by atoms with Crippen LogP contribution >= 0.6 is 0 Å². The van der Waals surface area contributed by atoms with Gasteiger partial charge in [0.1, 0.15) is 0 Å². The van der Waals surface area contributed by atoms with Crippen LogP contribution in [0.3, 0.4) is 0 Å². The highest BCUT2D eigenvalue weighted by molar-refractivity contribution is 4.81. The first-order valence-electron chi connectivity index (χ1n) is 7.11. The van der Waals surface area contributed by atoms with E-state index in [1.807, 2.05) is 0 Å². The van der Waals surface area contributed by atoms with E-state index < -0.39 is 0 Å². The fourth-order valence-corrected chi connectivity index (χ4v) is 2.06. The van der Waals surface area contributed by atoms with Gasteiger partial charge in [0.05, 0.1) is 0 Å². The average Bonchev–Trinajstić information content (AvgIpc) is 3.09. The van der Waals surface area contributed by atoms with Gasteiger partial charge in [-0.15, -0.1) is 0 Å². The maximum absolute atomic E-state index is 3.63. The molecule has 2 unspecified atom stereocenters. The van der Waals surface area contributed by atoms with E-state index in [0.29, 0.717) is 0 Å². The Hall–Kier alpha value is -0.0800. The van der Waals surface area contributed by atoms with Crippen molar-refractivity contribution in [2.45, 2.75) is 53.0 Å². The molecule has 0 aromatic rings. The largest absolute Gasteiger partial charge is 0.314 e. The van der Waals surface area contributed by atoms with E-state index in [1.165, 1.54) is 45.4 Å². The molecular formula is C14H30N2. The van der Waals surface area contributed by atoms with Crippen LogP contribution in [0.15, 0.2) is 0 Å². The Morgan fingerprint density at radius 2 is 1.75 bits per heavy atom. The van der Waals surface area contributed by atoms with Gasteiger partial charge >= 0.3 is 0 Å². The molecule has 0 spiro atoms. The first kappa shape index (κ1) is 14.0. The molecule has 96 valence electrons. The molecule has 16 heavy (non-hydrogen) atoms. The molecular weight excluding hydrogens is 196 g/mol. The van der Waals surface area contributed by atoms with Gasteiger partial charge in [-0.3, -0.25) is 0 Å². The molecule has 1 aliphatic rings. The van der Waals surface area contributed by atoms with Crippen molar-refractivity contribution >= 4 is 0 Å². The number of rotatable bonds is 9. The summed E-state index contributed by atoms with van der Waals surface area (Å²) in [5.74, 6) is 1.62. The molecule has 2 heteroatoms. The zero-order chi connectivity index (χ0) is 12.0. The number of nitrogens with one attached hydrogen (secondary N) is 1. The van der Waals surface area contributed by atoms with Crippen LogP contribution in [0.2, 0.25) is 0 Å². The van der Waals surface area contributed by atoms with Crippen LogP contribution in [-0.4, -0.2) is 37.1 Å². The van der Waals surface area contributed by atoms with Gasteiger partial charge < -0.3 is 10.2 Å². The maximum Gasteiger partial charge on any atom is 0.00683 e. The lowest BCUT2D eigenvalue weighted by Gasteiger charge is -2.27. The van der Waals surface area contributed by atoms with E-state index >= 15 is 0 Å². The molecule has 0 heterocycles. The van der Waals surface area contributed by atoms with E-state index in [2.05, 4.69) is 37.9 Å². The molecule has 1 aliphatic carbocycles. The van der Waals surface area contributed by atoms with E-state index in [4.69, 9.17) is 0 Å². The molecule has 0 radical (unpaired) electrons. The van der Waals surface area contributed by atoms with Crippen LogP contribution in [0, 0.1) is 11.8 Å². The van der Waals surface area contributed by atoms with Gasteiger partial charge in [-0.05, 0) is 37.8 Å². The fourth-order valence-electron chi connectivity index (χ4n) is 2.06. The Balaban J connectivity index is 2.13. The molecule has 0 aromatic carbocycles. The summed E-state index contributed by atoms with van der Waals surface area (Å²) in [4.78, 5) is 2.60. The first-order chi connectivity index (χ1) is 7.65. The average molecular weight is 226 g/mol. The van der Waals surface area contributed by atoms with Crippen molar-refractivity contribution in [1.82, 2.24) is 10.2 Å². The van der Waals surface area contributed by atoms with Gasteiger partial charge in [0, 0.05) is 19.1 Å². The summed E-state index contributed by atoms with van der Waals surface area (Å²) >= 11 is 0. The van der Waals surface area contributed by atoms with Crippen LogP contribution in [0.4, 0.5) is 0 Å². The minimum Gasteiger partial charge on any atom is -0.314 e. The highest BCUT2D eigenvalue weighted by Gasteiger charge is 2.21. The summed E-state index contributed by atoms with van der Waals surface area (Å²) in [7, 11) is 0. The quantitative estimate of drug-likeness (QED) is 0.650. The monoisotopic (exact) mass is 226 g/mol. The highest BCUT2D eigenvalue weighted by Crippen LogP contribution is 2.18. The molecule has 1 fully saturated rings. The molecule has 0 amide bonds. The third-order valence-electron chi connectivity index (χ3n) is 3.62. The normalized spacial score (nSPS) is 20.1. The van der Waals surface area contributed by atoms with Crippen molar-refractivity contribution in [3.05, 3.63) is 0 Å². The molecule has 0 aromatic heterocycles. The molecule has 1 rings (SSSR count). The van der Waals surface area contributed by atoms with Gasteiger partial charge in [0.2, 0.25) is 0 Å². The summed E-state index contributed by atoms with van der Waals surface area (Å²) in [6.07, 6.45) is 4.10. The summed E-state index contributed by atoms with van der Waals surface area (Å²) < 4.78 is 0. The Morgan fingerprint density at radius 3 is 2.25 bits per heavy atom. The summed E-state index contributed by atoms with van der Waals surface area (Å²) in [5, 5.41) is 3.63. The van der Waals surface area contributed by atoms with Crippen LogP contribution in [-0.2, 0) is 0 Å². The Morgan fingerprint density at radius 1 is 1.12 bits per heavy atom. The standard InChI is InChI=1S/C14H30N2/c1-5-12(3)10-16(6-2)11-13(4)9-15-14-7-8-14/h12-15H,5-11H2,1-4H3. The number of nitrogens with zero attached hydrogens (tertiary/aromatic N) is 1. The summed E-state index contributed by atoms with van der Waals surface area (Å²) in [6.45, 7) is 14.2. The molecule has 1 saturated carbocycles. The van der Waals surface area contributed by atoms with Gasteiger partial charge in [-0.25, -0.2) is 0 Å². The lowest BCUT2D eigenvalue weighted by Crippen LogP contribution is -2.36. The molecule has 0 aliphatic heterocycles. The van der Waals surface area contributed by atoms with Crippen LogP contribution in [0.1, 0.15) is 47.0 Å². The van der Waals surface area contributed by atoms with Crippen molar-refractivity contribution in [3.8, 4) is 0 Å². The van der Waals surface area contributed by atoms with E-state index in [0.717, 1.165) is 17.9 Å². The van der Waals surface area contributed by atoms with Crippen molar-refractivity contribution in [2.24, 2.45) is 11.8 Å². The number of hydrogen-bond acceptors (Lipinski definition) is 2. The van der Waals surface area contributed by atoms with Gasteiger partial charge in [-0.2, -0.15) is 0 Å². The van der Waals surface area contributed by atoms with E-state index in [9.17, 15) is 0 Å². The topological polar surface area (TPSA) is 15.3 Å². The van der Waals surface area contributed by atoms with Crippen LogP contribution < -0.4 is 5.32 Å². The third kappa shape index (κ3) is 5.86. The summed E-state index contributed by atoms with van der Waals surface area (Å²) in [6, 6.07) is 0.854. The third-order valence-corrected chi connectivity index (χ3v) is 3.62. The van der Waals surface area contributed by atoms with Crippen LogP contribution in [0.5, 0.6) is 0 Å². The smallest absolute Gasteiger partial charge is 0.00683 e. The predicted octanol–water partition coefficient (Wildman–Crippen LogP) is 2.74. The van der Waals surface area contributed by atoms with Gasteiger partial charge in [0.15, 0.2) is 0 Å². The van der Waals surface area contributed by atoms with Crippen molar-refractivity contribution in [3.63, 3.8) is 0 Å². The maximum atomic E-state index is 3.63. The van der Waals surface area contributed by atoms with Crippen LogP contribution in [0.25, 0.3) is 0 Å². The van der Waals surface area contributed by atoms with E-state index in [-0.39, 0.29) is 0 Å². The molecule has 0 bridgehead atoms. The second-order valence-corrected chi connectivity index (χ2v) is 5.65. The molecule has 1 N–H and O–H groups in total. The van der Waals surface area contributed by atoms with E-state index in [1.54, 1.807) is 0 Å². The van der Waals surface area contributed by atoms with Crippen molar-refractivity contribution in [2.75, 3.05) is 26.2 Å². The Labute approximate surface area is 102 Å². The lowest BCUT2D eigenvalue weighted by molar-refractivity contribution is 0.213. The molecule has 2 atom stereocenters. The zero-order valence-corrected chi connectivity index (χ0v) is 11.6.